The van der Waals surface area contributed by atoms with Gasteiger partial charge in [-0.05, 0) is 54.5 Å². The number of halogens is 4. The van der Waals surface area contributed by atoms with Gasteiger partial charge in [-0.1, -0.05) is 6.07 Å². The van der Waals surface area contributed by atoms with Crippen molar-refractivity contribution in [3.63, 3.8) is 0 Å². The van der Waals surface area contributed by atoms with Crippen molar-refractivity contribution in [1.82, 2.24) is 19.5 Å². The normalized spacial score (nSPS) is 23.2. The van der Waals surface area contributed by atoms with Crippen LogP contribution in [0.1, 0.15) is 18.4 Å². The van der Waals surface area contributed by atoms with E-state index in [0.717, 1.165) is 25.0 Å². The third-order valence-corrected chi connectivity index (χ3v) is 6.22. The minimum absolute atomic E-state index is 0.146. The predicted molar refractivity (Wildman–Crippen MR) is 104 cm³/mol. The summed E-state index contributed by atoms with van der Waals surface area (Å²) in [5.41, 5.74) is -0.297. The quantitative estimate of drug-likeness (QED) is 0.499. The second-order valence-corrected chi connectivity index (χ2v) is 8.09. The summed E-state index contributed by atoms with van der Waals surface area (Å²) >= 11 is 0. The predicted octanol–water partition coefficient (Wildman–Crippen LogP) is 4.16. The lowest BCUT2D eigenvalue weighted by Gasteiger charge is -2.35. The number of piperidine rings is 1. The highest BCUT2D eigenvalue weighted by Gasteiger charge is 2.42. The molecule has 0 spiro atoms. The molecule has 5 rings (SSSR count). The van der Waals surface area contributed by atoms with Crippen molar-refractivity contribution in [3.05, 3.63) is 47.9 Å². The van der Waals surface area contributed by atoms with E-state index in [0.29, 0.717) is 42.1 Å². The molecule has 1 aromatic carbocycles. The fourth-order valence-corrected chi connectivity index (χ4v) is 4.79. The Kier molecular flexibility index (Phi) is 4.50. The topological polar surface area (TPSA) is 69.2 Å². The Morgan fingerprint density at radius 2 is 1.87 bits per heavy atom. The van der Waals surface area contributed by atoms with Gasteiger partial charge in [0, 0.05) is 30.9 Å². The minimum Gasteiger partial charge on any atom is -0.349 e. The van der Waals surface area contributed by atoms with Crippen LogP contribution in [-0.4, -0.2) is 38.6 Å². The Labute approximate surface area is 175 Å². The van der Waals surface area contributed by atoms with E-state index in [4.69, 9.17) is 0 Å². The number of likely N-dealkylation sites (tertiary alicyclic amines) is 1. The molecule has 0 amide bonds. The molecule has 1 aliphatic heterocycles. The number of nitrogens with zero attached hydrogens (tertiary/aromatic N) is 5. The molecule has 3 aromatic rings. The van der Waals surface area contributed by atoms with E-state index in [2.05, 4.69) is 21.6 Å². The number of pyridine rings is 1. The van der Waals surface area contributed by atoms with Gasteiger partial charge < -0.3 is 10.2 Å². The summed E-state index contributed by atoms with van der Waals surface area (Å²) in [4.78, 5) is 6.30. The average Bonchev–Trinajstić information content (AvgIpc) is 3.24. The van der Waals surface area contributed by atoms with Crippen molar-refractivity contribution in [3.8, 4) is 17.3 Å². The lowest BCUT2D eigenvalue weighted by Crippen LogP contribution is -2.46. The van der Waals surface area contributed by atoms with Crippen molar-refractivity contribution in [1.29, 1.82) is 5.26 Å². The van der Waals surface area contributed by atoms with Gasteiger partial charge in [-0.2, -0.15) is 23.4 Å². The summed E-state index contributed by atoms with van der Waals surface area (Å²) in [6, 6.07) is 6.36. The van der Waals surface area contributed by atoms with Crippen LogP contribution in [0.15, 0.2) is 36.5 Å². The first kappa shape index (κ1) is 19.6. The molecule has 0 radical (unpaired) electrons. The van der Waals surface area contributed by atoms with E-state index in [1.807, 2.05) is 0 Å². The van der Waals surface area contributed by atoms with Crippen molar-refractivity contribution in [2.45, 2.75) is 25.1 Å². The summed E-state index contributed by atoms with van der Waals surface area (Å²) in [6.07, 6.45) is 1.14. The third-order valence-electron chi connectivity index (χ3n) is 6.22. The molecule has 1 N–H and O–H groups in total. The van der Waals surface area contributed by atoms with E-state index in [1.165, 1.54) is 10.6 Å². The number of benzene rings is 1. The summed E-state index contributed by atoms with van der Waals surface area (Å²) < 4.78 is 54.7. The van der Waals surface area contributed by atoms with Gasteiger partial charge in [0.15, 0.2) is 11.8 Å². The van der Waals surface area contributed by atoms with Gasteiger partial charge in [0.2, 0.25) is 5.95 Å². The van der Waals surface area contributed by atoms with Crippen LogP contribution in [0, 0.1) is 29.1 Å². The van der Waals surface area contributed by atoms with E-state index in [-0.39, 0.29) is 11.6 Å². The smallest absolute Gasteiger partial charge is 0.349 e. The van der Waals surface area contributed by atoms with Gasteiger partial charge in [-0.25, -0.2) is 8.91 Å². The highest BCUT2D eigenvalue weighted by Crippen LogP contribution is 2.39. The molecule has 3 heterocycles. The Morgan fingerprint density at radius 3 is 2.55 bits per heavy atom. The summed E-state index contributed by atoms with van der Waals surface area (Å²) in [5, 5.41) is 17.0. The molecule has 6 nitrogen and oxygen atoms in total. The van der Waals surface area contributed by atoms with E-state index < -0.39 is 17.6 Å². The molecule has 1 saturated heterocycles. The van der Waals surface area contributed by atoms with E-state index >= 15 is 0 Å². The van der Waals surface area contributed by atoms with Crippen LogP contribution in [0.3, 0.4) is 0 Å². The van der Waals surface area contributed by atoms with Crippen LogP contribution in [0.4, 0.5) is 23.5 Å². The Balaban J connectivity index is 1.48. The fraction of sp³-hybridized carbons (Fsp3) is 0.381. The molecule has 2 aromatic heterocycles. The molecular formula is C21H18F4N6. The number of rotatable bonds is 3. The van der Waals surface area contributed by atoms with E-state index in [1.54, 1.807) is 23.2 Å². The number of nitriles is 1. The number of fused-ring (bicyclic) bond motifs is 3. The zero-order chi connectivity index (χ0) is 21.8. The van der Waals surface area contributed by atoms with Crippen LogP contribution in [0.5, 0.6) is 0 Å². The highest BCUT2D eigenvalue weighted by atomic mass is 19.4. The molecule has 2 unspecified atom stereocenters. The molecule has 2 bridgehead atoms. The van der Waals surface area contributed by atoms with Crippen molar-refractivity contribution in [2.24, 2.45) is 11.8 Å². The van der Waals surface area contributed by atoms with Crippen molar-refractivity contribution >= 4 is 11.6 Å². The zero-order valence-electron chi connectivity index (χ0n) is 16.3. The molecule has 160 valence electrons. The first-order valence-electron chi connectivity index (χ1n) is 9.97. The van der Waals surface area contributed by atoms with Gasteiger partial charge in [-0.15, -0.1) is 5.10 Å². The van der Waals surface area contributed by atoms with Crippen LogP contribution in [0.2, 0.25) is 0 Å². The average molecular weight is 430 g/mol. The number of alkyl halides is 3. The number of aromatic nitrogens is 3. The monoisotopic (exact) mass is 430 g/mol. The van der Waals surface area contributed by atoms with Gasteiger partial charge in [0.05, 0.1) is 5.56 Å². The van der Waals surface area contributed by atoms with E-state index in [9.17, 15) is 22.8 Å². The Morgan fingerprint density at radius 1 is 1.13 bits per heavy atom. The third kappa shape index (κ3) is 3.44. The lowest BCUT2D eigenvalue weighted by atomic mass is 9.92. The maximum absolute atomic E-state index is 13.7. The first-order valence-corrected chi connectivity index (χ1v) is 9.97. The lowest BCUT2D eigenvalue weighted by molar-refractivity contribution is -0.139. The number of hydrogen-bond donors (Lipinski definition) is 1. The zero-order valence-corrected chi connectivity index (χ0v) is 16.3. The summed E-state index contributed by atoms with van der Waals surface area (Å²) in [5.74, 6) is -0.295. The Bertz CT molecular complexity index is 1170. The van der Waals surface area contributed by atoms with Crippen LogP contribution in [0.25, 0.3) is 16.8 Å². The highest BCUT2D eigenvalue weighted by molar-refractivity contribution is 5.78. The van der Waals surface area contributed by atoms with Gasteiger partial charge in [0.25, 0.3) is 0 Å². The van der Waals surface area contributed by atoms with Crippen molar-refractivity contribution < 1.29 is 17.6 Å². The largest absolute Gasteiger partial charge is 0.419 e. The molecule has 1 aliphatic carbocycles. The molecule has 2 atom stereocenters. The molecule has 1 saturated carbocycles. The van der Waals surface area contributed by atoms with Crippen LogP contribution in [-0.2, 0) is 6.18 Å². The number of hydrogen-bond acceptors (Lipinski definition) is 5. The molecule has 2 aliphatic rings. The van der Waals surface area contributed by atoms with Gasteiger partial charge >= 0.3 is 6.18 Å². The van der Waals surface area contributed by atoms with Crippen molar-refractivity contribution in [2.75, 3.05) is 18.4 Å². The minimum atomic E-state index is -4.79. The van der Waals surface area contributed by atoms with Gasteiger partial charge in [0.1, 0.15) is 5.82 Å². The first-order chi connectivity index (χ1) is 14.8. The molecule has 10 heteroatoms. The maximum Gasteiger partial charge on any atom is 0.419 e. The second-order valence-electron chi connectivity index (χ2n) is 8.09. The molecule has 31 heavy (non-hydrogen) atoms. The standard InChI is InChI=1S/C21H18F4N6/c22-17-6-5-12(8-16(17)21(23,24)25)15-2-1-7-31-19(15)28-20(29-31)27-18-13-3-4-14(18)10-30(9-13)11-26/h1-2,5-8,13-14,18H,3-4,9-10H2,(H,27,29). The number of nitrogens with one attached hydrogen (secondary N) is 1. The molecular weight excluding hydrogens is 412 g/mol. The SMILES string of the molecule is N#CN1CC2CCC(C1)C2Nc1nc2c(-c3ccc(F)c(C(F)(F)F)c3)cccn2n1. The van der Waals surface area contributed by atoms with Crippen LogP contribution >= 0.6 is 0 Å². The fourth-order valence-electron chi connectivity index (χ4n) is 4.79. The summed E-state index contributed by atoms with van der Waals surface area (Å²) in [7, 11) is 0. The Hall–Kier alpha value is -3.35. The molecule has 2 fully saturated rings. The summed E-state index contributed by atoms with van der Waals surface area (Å²) in [6.45, 7) is 1.39. The second kappa shape index (κ2) is 7.11. The maximum atomic E-state index is 13.7. The van der Waals surface area contributed by atoms with Gasteiger partial charge in [-0.3, -0.25) is 0 Å². The number of anilines is 1. The van der Waals surface area contributed by atoms with Crippen LogP contribution < -0.4 is 5.32 Å².